The van der Waals surface area contributed by atoms with Gasteiger partial charge in [0.25, 0.3) is 0 Å². The minimum Gasteiger partial charge on any atom is -0.342 e. The van der Waals surface area contributed by atoms with Gasteiger partial charge in [-0.05, 0) is 47.3 Å². The first kappa shape index (κ1) is 18.4. The molecule has 1 atom stereocenters. The van der Waals surface area contributed by atoms with Gasteiger partial charge in [-0.25, -0.2) is 0 Å². The molecule has 3 rings (SSSR count). The fourth-order valence-electron chi connectivity index (χ4n) is 4.07. The lowest BCUT2D eigenvalue weighted by atomic mass is 9.94. The zero-order chi connectivity index (χ0) is 17.8. The summed E-state index contributed by atoms with van der Waals surface area (Å²) in [6, 6.07) is 7.99. The minimum absolute atomic E-state index is 0.00475. The number of carbonyl (C=O) groups is 2. The Morgan fingerprint density at radius 2 is 1.72 bits per heavy atom. The quantitative estimate of drug-likeness (QED) is 0.698. The van der Waals surface area contributed by atoms with Crippen molar-refractivity contribution in [3.05, 3.63) is 28.7 Å². The number of hydrogen-bond donors (Lipinski definition) is 0. The summed E-state index contributed by atoms with van der Waals surface area (Å²) >= 11 is 3.51. The molecule has 1 saturated carbocycles. The van der Waals surface area contributed by atoms with Crippen LogP contribution in [0.4, 0.5) is 5.69 Å². The average molecular weight is 407 g/mol. The van der Waals surface area contributed by atoms with E-state index >= 15 is 0 Å². The highest BCUT2D eigenvalue weighted by Crippen LogP contribution is 2.32. The van der Waals surface area contributed by atoms with Gasteiger partial charge >= 0.3 is 0 Å². The van der Waals surface area contributed by atoms with E-state index in [1.165, 1.54) is 32.1 Å². The van der Waals surface area contributed by atoms with Crippen molar-refractivity contribution in [2.45, 2.75) is 57.4 Å². The van der Waals surface area contributed by atoms with Crippen LogP contribution in [0.25, 0.3) is 0 Å². The molecule has 2 amide bonds. The molecule has 0 spiro atoms. The van der Waals surface area contributed by atoms with Crippen LogP contribution in [0.1, 0.15) is 51.4 Å². The highest BCUT2D eigenvalue weighted by atomic mass is 79.9. The largest absolute Gasteiger partial charge is 0.342 e. The van der Waals surface area contributed by atoms with Gasteiger partial charge < -0.3 is 9.80 Å². The molecular formula is C20H27BrN2O2. The van der Waals surface area contributed by atoms with Gasteiger partial charge in [-0.1, -0.05) is 44.2 Å². The van der Waals surface area contributed by atoms with E-state index in [4.69, 9.17) is 0 Å². The number of para-hydroxylation sites is 1. The summed E-state index contributed by atoms with van der Waals surface area (Å²) < 4.78 is 0.893. The Morgan fingerprint density at radius 3 is 2.40 bits per heavy atom. The first-order valence-corrected chi connectivity index (χ1v) is 10.2. The lowest BCUT2D eigenvalue weighted by Gasteiger charge is -2.31. The van der Waals surface area contributed by atoms with Crippen LogP contribution in [-0.4, -0.2) is 36.3 Å². The van der Waals surface area contributed by atoms with Crippen LogP contribution in [0.15, 0.2) is 28.7 Å². The van der Waals surface area contributed by atoms with Gasteiger partial charge in [0.1, 0.15) is 5.92 Å². The fraction of sp³-hybridized carbons (Fsp3) is 0.600. The predicted octanol–water partition coefficient (Wildman–Crippen LogP) is 4.37. The molecular weight excluding hydrogens is 380 g/mol. The minimum atomic E-state index is -0.525. The predicted molar refractivity (Wildman–Crippen MR) is 103 cm³/mol. The van der Waals surface area contributed by atoms with Crippen molar-refractivity contribution >= 4 is 33.4 Å². The molecule has 5 heteroatoms. The van der Waals surface area contributed by atoms with E-state index in [2.05, 4.69) is 15.9 Å². The number of halogens is 1. The average Bonchev–Trinajstić information content (AvgIpc) is 2.95. The van der Waals surface area contributed by atoms with Crippen molar-refractivity contribution in [2.24, 2.45) is 5.92 Å². The van der Waals surface area contributed by atoms with Crippen LogP contribution in [0.2, 0.25) is 0 Å². The maximum absolute atomic E-state index is 13.0. The Kier molecular flexibility index (Phi) is 6.15. The van der Waals surface area contributed by atoms with E-state index in [0.717, 1.165) is 23.0 Å². The smallest absolute Gasteiger partial charge is 0.239 e. The molecule has 25 heavy (non-hydrogen) atoms. The van der Waals surface area contributed by atoms with Gasteiger partial charge in [0, 0.05) is 24.1 Å². The van der Waals surface area contributed by atoms with Crippen molar-refractivity contribution in [2.75, 3.05) is 18.5 Å². The molecule has 1 aromatic carbocycles. The third-order valence-corrected chi connectivity index (χ3v) is 6.29. The summed E-state index contributed by atoms with van der Waals surface area (Å²) in [6.07, 6.45) is 8.94. The summed E-state index contributed by atoms with van der Waals surface area (Å²) in [5.41, 5.74) is 0.858. The van der Waals surface area contributed by atoms with E-state index in [0.29, 0.717) is 13.0 Å². The summed E-state index contributed by atoms with van der Waals surface area (Å²) in [5, 5.41) is 0. The number of carbonyl (C=O) groups excluding carboxylic acids is 2. The first-order valence-electron chi connectivity index (χ1n) is 9.42. The molecule has 1 aliphatic carbocycles. The van der Waals surface area contributed by atoms with Crippen LogP contribution >= 0.6 is 15.9 Å². The molecule has 136 valence electrons. The van der Waals surface area contributed by atoms with Gasteiger partial charge in [0.15, 0.2) is 0 Å². The molecule has 1 saturated heterocycles. The van der Waals surface area contributed by atoms with Crippen molar-refractivity contribution in [1.29, 1.82) is 0 Å². The third kappa shape index (κ3) is 4.08. The van der Waals surface area contributed by atoms with E-state index in [1.54, 1.807) is 4.90 Å². The van der Waals surface area contributed by atoms with Gasteiger partial charge in [-0.15, -0.1) is 0 Å². The van der Waals surface area contributed by atoms with Crippen LogP contribution < -0.4 is 4.90 Å². The van der Waals surface area contributed by atoms with Crippen molar-refractivity contribution < 1.29 is 9.59 Å². The molecule has 4 nitrogen and oxygen atoms in total. The number of nitrogens with zero attached hydrogens (tertiary/aromatic N) is 2. The maximum Gasteiger partial charge on any atom is 0.239 e. The maximum atomic E-state index is 13.0. The highest BCUT2D eigenvalue weighted by Gasteiger charge is 2.40. The SMILES string of the molecule is CN(C(=O)C1CCN(c2ccccc2Br)C1=O)C1CCCCCCC1. The second kappa shape index (κ2) is 8.35. The molecule has 0 aromatic heterocycles. The molecule has 0 N–H and O–H groups in total. The lowest BCUT2D eigenvalue weighted by molar-refractivity contribution is -0.140. The van der Waals surface area contributed by atoms with E-state index in [9.17, 15) is 9.59 Å². The van der Waals surface area contributed by atoms with Gasteiger partial charge in [-0.3, -0.25) is 9.59 Å². The number of amides is 2. The van der Waals surface area contributed by atoms with Crippen molar-refractivity contribution in [3.63, 3.8) is 0 Å². The standard InChI is InChI=1S/C20H27BrN2O2/c1-22(15-9-5-3-2-4-6-10-15)19(24)16-13-14-23(20(16)25)18-12-8-7-11-17(18)21/h7-8,11-12,15-16H,2-6,9-10,13-14H2,1H3. The lowest BCUT2D eigenvalue weighted by Crippen LogP contribution is -2.43. The van der Waals surface area contributed by atoms with Crippen LogP contribution in [-0.2, 0) is 9.59 Å². The first-order chi connectivity index (χ1) is 12.1. The second-order valence-corrected chi connectivity index (χ2v) is 8.08. The molecule has 1 aromatic rings. The van der Waals surface area contributed by atoms with Crippen LogP contribution in [0, 0.1) is 5.92 Å². The van der Waals surface area contributed by atoms with E-state index in [1.807, 2.05) is 36.2 Å². The Hall–Kier alpha value is -1.36. The Morgan fingerprint density at radius 1 is 1.08 bits per heavy atom. The molecule has 1 aliphatic heterocycles. The van der Waals surface area contributed by atoms with Gasteiger partial charge in [0.2, 0.25) is 11.8 Å². The molecule has 2 fully saturated rings. The summed E-state index contributed by atoms with van der Waals surface area (Å²) in [4.78, 5) is 29.5. The second-order valence-electron chi connectivity index (χ2n) is 7.23. The van der Waals surface area contributed by atoms with Gasteiger partial charge in [0.05, 0.1) is 5.69 Å². The Balaban J connectivity index is 1.68. The number of hydrogen-bond acceptors (Lipinski definition) is 2. The number of anilines is 1. The fourth-order valence-corrected chi connectivity index (χ4v) is 4.57. The van der Waals surface area contributed by atoms with E-state index < -0.39 is 5.92 Å². The van der Waals surface area contributed by atoms with Gasteiger partial charge in [-0.2, -0.15) is 0 Å². The molecule has 1 unspecified atom stereocenters. The molecule has 0 bridgehead atoms. The van der Waals surface area contributed by atoms with Crippen molar-refractivity contribution in [3.8, 4) is 0 Å². The van der Waals surface area contributed by atoms with Crippen molar-refractivity contribution in [1.82, 2.24) is 4.90 Å². The molecule has 2 aliphatic rings. The molecule has 0 radical (unpaired) electrons. The summed E-state index contributed by atoms with van der Waals surface area (Å²) in [7, 11) is 1.89. The highest BCUT2D eigenvalue weighted by molar-refractivity contribution is 9.10. The topological polar surface area (TPSA) is 40.6 Å². The zero-order valence-corrected chi connectivity index (χ0v) is 16.5. The summed E-state index contributed by atoms with van der Waals surface area (Å²) in [6.45, 7) is 0.607. The van der Waals surface area contributed by atoms with Crippen LogP contribution in [0.5, 0.6) is 0 Å². The van der Waals surface area contributed by atoms with E-state index in [-0.39, 0.29) is 17.9 Å². The Bertz CT molecular complexity index is 626. The van der Waals surface area contributed by atoms with Crippen LogP contribution in [0.3, 0.4) is 0 Å². The third-order valence-electron chi connectivity index (χ3n) is 5.62. The number of benzene rings is 1. The monoisotopic (exact) mass is 406 g/mol. The number of rotatable bonds is 3. The molecule has 1 heterocycles. The Labute approximate surface area is 158 Å². The zero-order valence-electron chi connectivity index (χ0n) is 14.9. The normalized spacial score (nSPS) is 22.6. The summed E-state index contributed by atoms with van der Waals surface area (Å²) in [5.74, 6) is -0.581.